The number of ether oxygens (including phenoxy) is 2. The molecule has 0 fully saturated rings. The highest BCUT2D eigenvalue weighted by Gasteiger charge is 2.23. The number of carbonyl (C=O) groups excluding carboxylic acids is 2. The van der Waals surface area contributed by atoms with Crippen LogP contribution < -0.4 is 0 Å². The van der Waals surface area contributed by atoms with Crippen molar-refractivity contribution < 1.29 is 19.1 Å². The Morgan fingerprint density at radius 2 is 1.68 bits per heavy atom. The van der Waals surface area contributed by atoms with E-state index in [-0.39, 0.29) is 18.0 Å². The maximum Gasteiger partial charge on any atom is 0.414 e. The third kappa shape index (κ3) is 6.60. The van der Waals surface area contributed by atoms with Gasteiger partial charge < -0.3 is 9.47 Å². The lowest BCUT2D eigenvalue weighted by Gasteiger charge is -2.26. The molecule has 180 valence electrons. The highest BCUT2D eigenvalue weighted by atomic mass is 16.6. The van der Waals surface area contributed by atoms with Crippen LogP contribution >= 0.6 is 0 Å². The topological polar surface area (TPSA) is 55.8 Å². The second-order valence-electron chi connectivity index (χ2n) is 10.0. The number of hydrogen-bond donors (Lipinski definition) is 0. The smallest absolute Gasteiger partial charge is 0.414 e. The summed E-state index contributed by atoms with van der Waals surface area (Å²) < 4.78 is 10.5. The molecule has 0 bridgehead atoms. The van der Waals surface area contributed by atoms with Crippen LogP contribution in [0, 0.1) is 5.92 Å². The molecule has 1 unspecified atom stereocenters. The van der Waals surface area contributed by atoms with Gasteiger partial charge in [-0.05, 0) is 67.0 Å². The minimum absolute atomic E-state index is 0.197. The van der Waals surface area contributed by atoms with E-state index in [1.807, 2.05) is 45.1 Å². The third-order valence-corrected chi connectivity index (χ3v) is 5.60. The zero-order valence-corrected chi connectivity index (χ0v) is 21.0. The van der Waals surface area contributed by atoms with Crippen molar-refractivity contribution >= 4 is 17.6 Å². The molecule has 0 aliphatic carbocycles. The molecule has 1 amide bonds. The van der Waals surface area contributed by atoms with Crippen molar-refractivity contribution in [1.82, 2.24) is 4.90 Å². The zero-order valence-electron chi connectivity index (χ0n) is 21.0. The van der Waals surface area contributed by atoms with Crippen LogP contribution in [0.2, 0.25) is 0 Å². The molecule has 0 saturated heterocycles. The summed E-state index contributed by atoms with van der Waals surface area (Å²) in [5.74, 6) is -0.0811. The van der Waals surface area contributed by atoms with Crippen LogP contribution in [0.1, 0.15) is 58.1 Å². The first-order valence-corrected chi connectivity index (χ1v) is 11.7. The van der Waals surface area contributed by atoms with Crippen molar-refractivity contribution in [3.05, 3.63) is 78.0 Å². The molecule has 5 nitrogen and oxygen atoms in total. The number of methoxy groups -OCH3 is 1. The number of rotatable bonds is 6. The predicted molar refractivity (Wildman–Crippen MR) is 136 cm³/mol. The van der Waals surface area contributed by atoms with Gasteiger partial charge in [0.2, 0.25) is 0 Å². The molecular formula is C29H35NO4. The summed E-state index contributed by atoms with van der Waals surface area (Å²) in [5.41, 5.74) is 4.73. The van der Waals surface area contributed by atoms with Gasteiger partial charge in [0.1, 0.15) is 5.60 Å². The van der Waals surface area contributed by atoms with E-state index in [1.54, 1.807) is 11.1 Å². The van der Waals surface area contributed by atoms with E-state index in [4.69, 9.17) is 9.47 Å². The van der Waals surface area contributed by atoms with Gasteiger partial charge in [0.05, 0.1) is 13.0 Å². The summed E-state index contributed by atoms with van der Waals surface area (Å²) in [7, 11) is 1.44. The van der Waals surface area contributed by atoms with E-state index >= 15 is 0 Å². The highest BCUT2D eigenvalue weighted by Crippen LogP contribution is 2.30. The Balaban J connectivity index is 1.74. The number of esters is 1. The fourth-order valence-corrected chi connectivity index (χ4v) is 3.94. The van der Waals surface area contributed by atoms with E-state index in [9.17, 15) is 9.59 Å². The summed E-state index contributed by atoms with van der Waals surface area (Å²) in [6.07, 6.45) is 6.11. The van der Waals surface area contributed by atoms with Gasteiger partial charge in [0.25, 0.3) is 0 Å². The molecule has 0 aromatic heterocycles. The number of nitrogens with zero attached hydrogens (tertiary/aromatic N) is 1. The number of amides is 1. The van der Waals surface area contributed by atoms with Crippen molar-refractivity contribution in [3.63, 3.8) is 0 Å². The number of benzene rings is 2. The fourth-order valence-electron chi connectivity index (χ4n) is 3.94. The standard InChI is InChI=1S/C29H35NO4/c1-20(2)18-26(27(31)33-6)25-9-7-8-24(19-25)22-12-10-21(11-13-22)23-14-16-30(17-15-23)28(32)34-29(3,4)5/h7-16,19-20,26H,17-18H2,1-6H3. The van der Waals surface area contributed by atoms with Crippen LogP contribution in [0.5, 0.6) is 0 Å². The van der Waals surface area contributed by atoms with E-state index in [0.717, 1.165) is 34.2 Å². The Kier molecular flexibility index (Phi) is 7.98. The predicted octanol–water partition coefficient (Wildman–Crippen LogP) is 6.80. The molecule has 1 aliphatic rings. The maximum absolute atomic E-state index is 12.4. The Bertz CT molecular complexity index is 1070. The lowest BCUT2D eigenvalue weighted by atomic mass is 9.88. The van der Waals surface area contributed by atoms with Crippen LogP contribution in [-0.4, -0.2) is 36.2 Å². The second kappa shape index (κ2) is 10.7. The minimum Gasteiger partial charge on any atom is -0.469 e. The third-order valence-electron chi connectivity index (χ3n) is 5.60. The molecular weight excluding hydrogens is 426 g/mol. The number of allylic oxidation sites excluding steroid dienone is 2. The molecule has 5 heteroatoms. The molecule has 1 atom stereocenters. The van der Waals surface area contributed by atoms with Crippen molar-refractivity contribution in [1.29, 1.82) is 0 Å². The Morgan fingerprint density at radius 1 is 1.00 bits per heavy atom. The van der Waals surface area contributed by atoms with E-state index < -0.39 is 5.60 Å². The average Bonchev–Trinajstić information content (AvgIpc) is 2.81. The lowest BCUT2D eigenvalue weighted by Crippen LogP contribution is -2.34. The molecule has 34 heavy (non-hydrogen) atoms. The molecule has 3 rings (SSSR count). The van der Waals surface area contributed by atoms with Crippen molar-refractivity contribution in [2.24, 2.45) is 5.92 Å². The molecule has 1 heterocycles. The second-order valence-corrected chi connectivity index (χ2v) is 10.0. The van der Waals surface area contributed by atoms with Crippen LogP contribution in [0.3, 0.4) is 0 Å². The Labute approximate surface area is 203 Å². The zero-order chi connectivity index (χ0) is 24.9. The molecule has 2 aromatic carbocycles. The first-order valence-electron chi connectivity index (χ1n) is 11.7. The Morgan fingerprint density at radius 3 is 2.24 bits per heavy atom. The normalized spacial score (nSPS) is 14.6. The average molecular weight is 462 g/mol. The maximum atomic E-state index is 12.4. The van der Waals surface area contributed by atoms with E-state index in [2.05, 4.69) is 50.2 Å². The molecule has 0 spiro atoms. The van der Waals surface area contributed by atoms with E-state index in [1.165, 1.54) is 7.11 Å². The summed E-state index contributed by atoms with van der Waals surface area (Å²) in [6.45, 7) is 10.3. The summed E-state index contributed by atoms with van der Waals surface area (Å²) in [4.78, 5) is 26.2. The largest absolute Gasteiger partial charge is 0.469 e. The highest BCUT2D eigenvalue weighted by molar-refractivity contribution is 5.81. The fraction of sp³-hybridized carbons (Fsp3) is 0.379. The Hall–Kier alpha value is -3.34. The van der Waals surface area contributed by atoms with Gasteiger partial charge in [0, 0.05) is 12.7 Å². The number of hydrogen-bond acceptors (Lipinski definition) is 4. The van der Waals surface area contributed by atoms with Gasteiger partial charge in [-0.2, -0.15) is 0 Å². The van der Waals surface area contributed by atoms with Crippen molar-refractivity contribution in [2.75, 3.05) is 13.7 Å². The van der Waals surface area contributed by atoms with Crippen molar-refractivity contribution in [3.8, 4) is 11.1 Å². The first-order chi connectivity index (χ1) is 16.1. The summed E-state index contributed by atoms with van der Waals surface area (Å²) in [5, 5.41) is 0. The van der Waals surface area contributed by atoms with Gasteiger partial charge in [-0.15, -0.1) is 0 Å². The van der Waals surface area contributed by atoms with Gasteiger partial charge in [-0.3, -0.25) is 9.69 Å². The number of carbonyl (C=O) groups is 2. The molecule has 2 aromatic rings. The van der Waals surface area contributed by atoms with Crippen LogP contribution in [0.4, 0.5) is 4.79 Å². The van der Waals surface area contributed by atoms with Crippen LogP contribution in [-0.2, 0) is 14.3 Å². The summed E-state index contributed by atoms with van der Waals surface area (Å²) in [6, 6.07) is 16.4. The van der Waals surface area contributed by atoms with Gasteiger partial charge in [0.15, 0.2) is 0 Å². The quantitative estimate of drug-likeness (QED) is 0.444. The SMILES string of the molecule is COC(=O)C(CC(C)C)c1cccc(-c2ccc(C3=CCN(C(=O)OC(C)(C)C)C=C3)cc2)c1. The minimum atomic E-state index is -0.520. The molecule has 0 N–H and O–H groups in total. The van der Waals surface area contributed by atoms with Crippen LogP contribution in [0.15, 0.2) is 66.9 Å². The van der Waals surface area contributed by atoms with Gasteiger partial charge in [-0.25, -0.2) is 4.79 Å². The molecule has 1 aliphatic heterocycles. The monoisotopic (exact) mass is 461 g/mol. The van der Waals surface area contributed by atoms with Crippen LogP contribution in [0.25, 0.3) is 16.7 Å². The first kappa shape index (κ1) is 25.3. The summed E-state index contributed by atoms with van der Waals surface area (Å²) >= 11 is 0. The van der Waals surface area contributed by atoms with Crippen molar-refractivity contribution in [2.45, 2.75) is 52.6 Å². The molecule has 0 saturated carbocycles. The van der Waals surface area contributed by atoms with Gasteiger partial charge in [-0.1, -0.05) is 68.5 Å². The van der Waals surface area contributed by atoms with E-state index in [0.29, 0.717) is 12.5 Å². The lowest BCUT2D eigenvalue weighted by molar-refractivity contribution is -0.142. The molecule has 0 radical (unpaired) electrons. The van der Waals surface area contributed by atoms with Gasteiger partial charge >= 0.3 is 12.1 Å².